The van der Waals surface area contributed by atoms with E-state index >= 15 is 0 Å². The van der Waals surface area contributed by atoms with Crippen molar-refractivity contribution in [3.05, 3.63) is 11.7 Å². The molecule has 0 aliphatic carbocycles. The first-order chi connectivity index (χ1) is 7.56. The summed E-state index contributed by atoms with van der Waals surface area (Å²) in [6.07, 6.45) is 0.402. The van der Waals surface area contributed by atoms with Gasteiger partial charge in [-0.25, -0.2) is 0 Å². The Bertz CT molecular complexity index is 271. The standard InChI is InChI=1S/C10H15NO5.Ac.Rb/c1-3-15-8(13)10(9(14)16-4-2)6-5-7(12)11-10;;/h6-7,12H,3-5H2,1-2H3;;/q-2;;+1. The molecule has 1 unspecified atom stereocenters. The number of rotatable bonds is 4. The summed E-state index contributed by atoms with van der Waals surface area (Å²) in [5.74, 6) is -1.60. The third kappa shape index (κ3) is 5.48. The van der Waals surface area contributed by atoms with Crippen molar-refractivity contribution in [1.29, 1.82) is 0 Å². The number of nitrogens with zero attached hydrogens (tertiary/aromatic N) is 1. The third-order valence-electron chi connectivity index (χ3n) is 2.15. The molecule has 0 aromatic carbocycles. The van der Waals surface area contributed by atoms with Crippen LogP contribution in [0.1, 0.15) is 20.3 Å². The monoisotopic (exact) mass is 541 g/mol. The molecular formula is C10H15AcNO5Rb-. The average Bonchev–Trinajstić information content (AvgIpc) is 2.63. The minimum Gasteiger partial charge on any atom is -0.642 e. The van der Waals surface area contributed by atoms with Crippen LogP contribution in [0, 0.1) is 50.5 Å². The largest absolute Gasteiger partial charge is 1.00 e. The molecular weight excluding hydrogens is 527 g/mol. The first kappa shape index (κ1) is 22.4. The van der Waals surface area contributed by atoms with Gasteiger partial charge in [0.1, 0.15) is 0 Å². The Balaban J connectivity index is 0. The summed E-state index contributed by atoms with van der Waals surface area (Å²) in [4.78, 5) is 23.3. The number of carbonyl (C=O) groups excluding carboxylic acids is 2. The summed E-state index contributed by atoms with van der Waals surface area (Å²) in [5.41, 5.74) is -1.79. The van der Waals surface area contributed by atoms with Gasteiger partial charge in [-0.15, -0.1) is 0 Å². The zero-order valence-corrected chi connectivity index (χ0v) is 20.5. The summed E-state index contributed by atoms with van der Waals surface area (Å²) < 4.78 is 9.54. The first-order valence-corrected chi connectivity index (χ1v) is 5.15. The molecule has 0 bridgehead atoms. The van der Waals surface area contributed by atoms with Crippen LogP contribution >= 0.6 is 0 Å². The van der Waals surface area contributed by atoms with E-state index in [1.165, 1.54) is 6.42 Å². The normalized spacial score (nSPS) is 20.3. The Hall–Kier alpha value is 2.11. The molecule has 0 saturated carbocycles. The number of hydrogen-bond acceptors (Lipinski definition) is 5. The number of esters is 2. The summed E-state index contributed by atoms with van der Waals surface area (Å²) >= 11 is 0. The van der Waals surface area contributed by atoms with Gasteiger partial charge in [0.25, 0.3) is 11.9 Å². The van der Waals surface area contributed by atoms with Crippen LogP contribution in [-0.2, 0) is 19.1 Å². The molecule has 1 heterocycles. The fourth-order valence-corrected chi connectivity index (χ4v) is 1.45. The fourth-order valence-electron chi connectivity index (χ4n) is 1.45. The topological polar surface area (TPSA) is 86.9 Å². The van der Waals surface area contributed by atoms with E-state index in [9.17, 15) is 14.7 Å². The van der Waals surface area contributed by atoms with Gasteiger partial charge in [-0.1, -0.05) is 11.8 Å². The van der Waals surface area contributed by atoms with Crippen LogP contribution in [-0.4, -0.2) is 42.0 Å². The van der Waals surface area contributed by atoms with E-state index in [-0.39, 0.29) is 122 Å². The van der Waals surface area contributed by atoms with E-state index in [0.717, 1.165) is 0 Å². The Morgan fingerprint density at radius 2 is 1.78 bits per heavy atom. The van der Waals surface area contributed by atoms with Gasteiger partial charge < -0.3 is 26.3 Å². The Morgan fingerprint density at radius 3 is 2.06 bits per heavy atom. The second kappa shape index (κ2) is 10.8. The molecule has 18 heavy (non-hydrogen) atoms. The predicted molar refractivity (Wildman–Crippen MR) is 54.3 cm³/mol. The molecule has 0 spiro atoms. The molecule has 1 aliphatic rings. The Labute approximate surface area is 191 Å². The molecule has 1 fully saturated rings. The minimum atomic E-state index is -1.79. The van der Waals surface area contributed by atoms with Gasteiger partial charge in [0.2, 0.25) is 0 Å². The molecule has 1 atom stereocenters. The van der Waals surface area contributed by atoms with Gasteiger partial charge in [-0.3, -0.25) is 9.59 Å². The van der Waals surface area contributed by atoms with Crippen molar-refractivity contribution in [3.63, 3.8) is 0 Å². The predicted octanol–water partition coefficient (Wildman–Crippen LogP) is -2.84. The van der Waals surface area contributed by atoms with Crippen molar-refractivity contribution >= 4 is 11.9 Å². The molecule has 1 saturated heterocycles. The molecule has 1 radical (unpaired) electrons. The number of carbonyl (C=O) groups is 2. The maximum Gasteiger partial charge on any atom is 1.00 e. The molecule has 95 valence electrons. The number of ether oxygens (including phenoxy) is 2. The molecule has 8 heteroatoms. The zero-order valence-electron chi connectivity index (χ0n) is 10.9. The van der Waals surface area contributed by atoms with Gasteiger partial charge in [0.05, 0.1) is 13.2 Å². The van der Waals surface area contributed by atoms with Crippen LogP contribution in [0.5, 0.6) is 0 Å². The van der Waals surface area contributed by atoms with Crippen LogP contribution < -0.4 is 58.2 Å². The summed E-state index contributed by atoms with van der Waals surface area (Å²) in [6, 6.07) is 0. The third-order valence-corrected chi connectivity index (χ3v) is 2.15. The van der Waals surface area contributed by atoms with Crippen molar-refractivity contribution in [1.82, 2.24) is 0 Å². The van der Waals surface area contributed by atoms with Crippen molar-refractivity contribution in [2.45, 2.75) is 32.0 Å². The molecule has 6 nitrogen and oxygen atoms in total. The van der Waals surface area contributed by atoms with Gasteiger partial charge in [0, 0.05) is 44.1 Å². The average molecular weight is 542 g/mol. The maximum atomic E-state index is 11.7. The van der Waals surface area contributed by atoms with E-state index in [1.807, 2.05) is 0 Å². The molecule has 1 aliphatic heterocycles. The van der Waals surface area contributed by atoms with Crippen LogP contribution in [0.25, 0.3) is 5.32 Å². The van der Waals surface area contributed by atoms with Crippen molar-refractivity contribution in [3.8, 4) is 0 Å². The van der Waals surface area contributed by atoms with E-state index < -0.39 is 23.7 Å². The molecule has 1 rings (SSSR count). The molecule has 1 N–H and O–H groups in total. The SMILES string of the molecule is CCOC(=O)C1(C(=O)OCC)[CH-]CC(O)[N-]1.[Ac].[Rb+]. The molecule has 0 aromatic rings. The maximum absolute atomic E-state index is 11.7. The van der Waals surface area contributed by atoms with Crippen LogP contribution in [0.3, 0.4) is 0 Å². The van der Waals surface area contributed by atoms with Crippen LogP contribution in [0.4, 0.5) is 0 Å². The van der Waals surface area contributed by atoms with Gasteiger partial charge in [-0.2, -0.15) is 6.42 Å². The van der Waals surface area contributed by atoms with E-state index in [0.29, 0.717) is 0 Å². The molecule has 0 aromatic heterocycles. The number of aliphatic hydroxyl groups is 1. The van der Waals surface area contributed by atoms with Crippen LogP contribution in [0.2, 0.25) is 0 Å². The summed E-state index contributed by atoms with van der Waals surface area (Å²) in [6.45, 7) is 3.53. The van der Waals surface area contributed by atoms with Crippen molar-refractivity contribution in [2.75, 3.05) is 13.2 Å². The van der Waals surface area contributed by atoms with E-state index in [2.05, 4.69) is 5.32 Å². The smallest absolute Gasteiger partial charge is 0.642 e. The van der Waals surface area contributed by atoms with Crippen molar-refractivity contribution < 1.29 is 126 Å². The Kier molecular flexibility index (Phi) is 13.4. The minimum absolute atomic E-state index is 0. The summed E-state index contributed by atoms with van der Waals surface area (Å²) in [7, 11) is 0. The Morgan fingerprint density at radius 1 is 1.33 bits per heavy atom. The second-order valence-corrected chi connectivity index (χ2v) is 3.26. The number of aliphatic hydroxyl groups excluding tert-OH is 1. The van der Waals surface area contributed by atoms with E-state index in [4.69, 9.17) is 9.47 Å². The zero-order chi connectivity index (χ0) is 12.2. The molecule has 0 amide bonds. The second-order valence-electron chi connectivity index (χ2n) is 3.26. The van der Waals surface area contributed by atoms with Crippen molar-refractivity contribution in [2.24, 2.45) is 0 Å². The number of hydrogen-bond donors (Lipinski definition) is 1. The first-order valence-electron chi connectivity index (χ1n) is 5.15. The summed E-state index contributed by atoms with van der Waals surface area (Å²) in [5, 5.41) is 13.0. The van der Waals surface area contributed by atoms with Gasteiger partial charge in [0.15, 0.2) is 0 Å². The van der Waals surface area contributed by atoms with Crippen LogP contribution in [0.15, 0.2) is 0 Å². The van der Waals surface area contributed by atoms with Gasteiger partial charge in [-0.05, 0) is 13.8 Å². The van der Waals surface area contributed by atoms with Gasteiger partial charge >= 0.3 is 58.2 Å². The van der Waals surface area contributed by atoms with E-state index in [1.54, 1.807) is 13.8 Å². The fraction of sp³-hybridized carbons (Fsp3) is 0.700. The quantitative estimate of drug-likeness (QED) is 0.235.